The van der Waals surface area contributed by atoms with Crippen LogP contribution < -0.4 is 0 Å². The molecule has 0 bridgehead atoms. The van der Waals surface area contributed by atoms with Crippen LogP contribution in [-0.4, -0.2) is 5.78 Å². The SMILES string of the molecule is O=C1CCC/C1=C(\I)CCCc1ccccc1. The van der Waals surface area contributed by atoms with E-state index in [1.54, 1.807) is 0 Å². The first-order valence-electron chi connectivity index (χ1n) is 6.22. The van der Waals surface area contributed by atoms with Crippen molar-refractivity contribution in [3.8, 4) is 0 Å². The molecule has 0 saturated heterocycles. The number of hydrogen-bond acceptors (Lipinski definition) is 1. The Morgan fingerprint density at radius 3 is 2.59 bits per heavy atom. The van der Waals surface area contributed by atoms with Gasteiger partial charge in [0, 0.05) is 12.0 Å². The Morgan fingerprint density at radius 1 is 1.18 bits per heavy atom. The van der Waals surface area contributed by atoms with Crippen molar-refractivity contribution >= 4 is 28.4 Å². The summed E-state index contributed by atoms with van der Waals surface area (Å²) in [6, 6.07) is 10.5. The maximum absolute atomic E-state index is 11.6. The van der Waals surface area contributed by atoms with E-state index < -0.39 is 0 Å². The van der Waals surface area contributed by atoms with Crippen molar-refractivity contribution in [2.45, 2.75) is 38.5 Å². The lowest BCUT2D eigenvalue weighted by Crippen LogP contribution is -1.95. The Morgan fingerprint density at radius 2 is 1.94 bits per heavy atom. The molecular formula is C15H17IO. The summed E-state index contributed by atoms with van der Waals surface area (Å²) in [5, 5.41) is 0. The van der Waals surface area contributed by atoms with E-state index in [0.717, 1.165) is 44.1 Å². The number of ketones is 1. The van der Waals surface area contributed by atoms with Crippen molar-refractivity contribution in [2.75, 3.05) is 0 Å². The molecule has 1 fully saturated rings. The summed E-state index contributed by atoms with van der Waals surface area (Å²) < 4.78 is 1.29. The third kappa shape index (κ3) is 3.66. The Hall–Kier alpha value is -0.640. The van der Waals surface area contributed by atoms with Crippen LogP contribution in [-0.2, 0) is 11.2 Å². The number of benzene rings is 1. The lowest BCUT2D eigenvalue weighted by atomic mass is 10.1. The summed E-state index contributed by atoms with van der Waals surface area (Å²) >= 11 is 2.36. The highest BCUT2D eigenvalue weighted by molar-refractivity contribution is 14.1. The van der Waals surface area contributed by atoms with Crippen LogP contribution >= 0.6 is 22.6 Å². The smallest absolute Gasteiger partial charge is 0.159 e. The van der Waals surface area contributed by atoms with Crippen molar-refractivity contribution < 1.29 is 4.79 Å². The number of Topliss-reactive ketones (excluding diaryl/α,β-unsaturated/α-hetero) is 1. The molecule has 0 heterocycles. The predicted octanol–water partition coefficient (Wildman–Crippen LogP) is 4.45. The molecule has 1 aliphatic rings. The molecule has 2 heteroatoms. The first kappa shape index (κ1) is 12.8. The summed E-state index contributed by atoms with van der Waals surface area (Å²) in [6.45, 7) is 0. The third-order valence-electron chi connectivity index (χ3n) is 3.20. The minimum atomic E-state index is 0.383. The third-order valence-corrected chi connectivity index (χ3v) is 4.39. The van der Waals surface area contributed by atoms with Crippen molar-refractivity contribution in [1.82, 2.24) is 0 Å². The number of allylic oxidation sites excluding steroid dienone is 2. The fourth-order valence-electron chi connectivity index (χ4n) is 2.25. The molecule has 1 aromatic rings. The fraction of sp³-hybridized carbons (Fsp3) is 0.400. The van der Waals surface area contributed by atoms with Gasteiger partial charge in [0.15, 0.2) is 5.78 Å². The zero-order valence-electron chi connectivity index (χ0n) is 9.92. The molecule has 0 amide bonds. The van der Waals surface area contributed by atoms with E-state index in [1.165, 1.54) is 9.14 Å². The number of hydrogen-bond donors (Lipinski definition) is 0. The molecule has 1 saturated carbocycles. The number of rotatable bonds is 4. The number of halogens is 1. The van der Waals surface area contributed by atoms with E-state index in [4.69, 9.17) is 0 Å². The molecule has 0 aromatic heterocycles. The van der Waals surface area contributed by atoms with Gasteiger partial charge >= 0.3 is 0 Å². The standard InChI is InChI=1S/C15H17IO/c16-14(13-9-5-11-15(13)17)10-4-8-12-6-2-1-3-7-12/h1-3,6-7H,4-5,8-11H2/b14-13+. The fourth-order valence-corrected chi connectivity index (χ4v) is 3.20. The van der Waals surface area contributed by atoms with Gasteiger partial charge < -0.3 is 0 Å². The van der Waals surface area contributed by atoms with E-state index >= 15 is 0 Å². The van der Waals surface area contributed by atoms with Gasteiger partial charge in [-0.05, 0) is 63.8 Å². The summed E-state index contributed by atoms with van der Waals surface area (Å²) in [7, 11) is 0. The highest BCUT2D eigenvalue weighted by atomic mass is 127. The second-order valence-corrected chi connectivity index (χ2v) is 5.80. The van der Waals surface area contributed by atoms with Crippen molar-refractivity contribution in [3.63, 3.8) is 0 Å². The summed E-state index contributed by atoms with van der Waals surface area (Å²) in [5.41, 5.74) is 2.50. The van der Waals surface area contributed by atoms with Crippen LogP contribution in [0.15, 0.2) is 39.5 Å². The minimum Gasteiger partial charge on any atom is -0.295 e. The zero-order chi connectivity index (χ0) is 12.1. The maximum atomic E-state index is 11.6. The van der Waals surface area contributed by atoms with E-state index in [2.05, 4.69) is 46.9 Å². The minimum absolute atomic E-state index is 0.383. The van der Waals surface area contributed by atoms with Crippen LogP contribution in [0.1, 0.15) is 37.7 Å². The topological polar surface area (TPSA) is 17.1 Å². The molecule has 0 spiro atoms. The van der Waals surface area contributed by atoms with Gasteiger partial charge in [-0.3, -0.25) is 4.79 Å². The van der Waals surface area contributed by atoms with Crippen molar-refractivity contribution in [2.24, 2.45) is 0 Å². The van der Waals surface area contributed by atoms with Crippen LogP contribution in [0.2, 0.25) is 0 Å². The number of carbonyl (C=O) groups is 1. The van der Waals surface area contributed by atoms with Crippen LogP contribution in [0.5, 0.6) is 0 Å². The molecule has 0 aliphatic heterocycles. The maximum Gasteiger partial charge on any atom is 0.159 e. The summed E-state index contributed by atoms with van der Waals surface area (Å²) in [6.07, 6.45) is 6.12. The van der Waals surface area contributed by atoms with Crippen LogP contribution in [0.4, 0.5) is 0 Å². The van der Waals surface area contributed by atoms with Crippen LogP contribution in [0, 0.1) is 0 Å². The molecule has 1 nitrogen and oxygen atoms in total. The largest absolute Gasteiger partial charge is 0.295 e. The lowest BCUT2D eigenvalue weighted by molar-refractivity contribution is -0.114. The highest BCUT2D eigenvalue weighted by Gasteiger charge is 2.19. The number of carbonyl (C=O) groups excluding carboxylic acids is 1. The molecule has 90 valence electrons. The zero-order valence-corrected chi connectivity index (χ0v) is 12.1. The van der Waals surface area contributed by atoms with Crippen molar-refractivity contribution in [1.29, 1.82) is 0 Å². The van der Waals surface area contributed by atoms with Crippen molar-refractivity contribution in [3.05, 3.63) is 45.0 Å². The van der Waals surface area contributed by atoms with E-state index in [0.29, 0.717) is 5.78 Å². The van der Waals surface area contributed by atoms with Crippen LogP contribution in [0.25, 0.3) is 0 Å². The first-order chi connectivity index (χ1) is 8.27. The van der Waals surface area contributed by atoms with Crippen LogP contribution in [0.3, 0.4) is 0 Å². The quantitative estimate of drug-likeness (QED) is 0.585. The molecule has 0 atom stereocenters. The molecular weight excluding hydrogens is 323 g/mol. The number of aryl methyl sites for hydroxylation is 1. The molecule has 1 aliphatic carbocycles. The normalized spacial score (nSPS) is 18.5. The first-order valence-corrected chi connectivity index (χ1v) is 7.30. The Bertz CT molecular complexity index is 420. The highest BCUT2D eigenvalue weighted by Crippen LogP contribution is 2.29. The predicted molar refractivity (Wildman–Crippen MR) is 79.3 cm³/mol. The van der Waals surface area contributed by atoms with E-state index in [-0.39, 0.29) is 0 Å². The average Bonchev–Trinajstić information content (AvgIpc) is 2.77. The van der Waals surface area contributed by atoms with Gasteiger partial charge in [-0.15, -0.1) is 0 Å². The Balaban J connectivity index is 1.85. The molecule has 0 radical (unpaired) electrons. The van der Waals surface area contributed by atoms with Gasteiger partial charge in [0.25, 0.3) is 0 Å². The molecule has 0 unspecified atom stereocenters. The second kappa shape index (κ2) is 6.34. The molecule has 1 aromatic carbocycles. The molecule has 0 N–H and O–H groups in total. The van der Waals surface area contributed by atoms with Gasteiger partial charge in [-0.1, -0.05) is 30.3 Å². The van der Waals surface area contributed by atoms with Gasteiger partial charge in [-0.2, -0.15) is 0 Å². The van der Waals surface area contributed by atoms with E-state index in [1.807, 2.05) is 6.07 Å². The molecule has 17 heavy (non-hydrogen) atoms. The van der Waals surface area contributed by atoms with E-state index in [9.17, 15) is 4.79 Å². The monoisotopic (exact) mass is 340 g/mol. The summed E-state index contributed by atoms with van der Waals surface area (Å²) in [5.74, 6) is 0.383. The van der Waals surface area contributed by atoms with Gasteiger partial charge in [0.2, 0.25) is 0 Å². The lowest BCUT2D eigenvalue weighted by Gasteiger charge is -2.04. The Kier molecular flexibility index (Phi) is 4.77. The van der Waals surface area contributed by atoms with Gasteiger partial charge in [0.05, 0.1) is 0 Å². The Labute approximate surface area is 116 Å². The summed E-state index contributed by atoms with van der Waals surface area (Å²) in [4.78, 5) is 11.6. The second-order valence-electron chi connectivity index (χ2n) is 4.50. The average molecular weight is 340 g/mol. The van der Waals surface area contributed by atoms with Gasteiger partial charge in [0.1, 0.15) is 0 Å². The van der Waals surface area contributed by atoms with Gasteiger partial charge in [-0.25, -0.2) is 0 Å². The molecule has 2 rings (SSSR count).